The Kier molecular flexibility index (Phi) is 4.52. The van der Waals surface area contributed by atoms with Gasteiger partial charge in [-0.2, -0.15) is 5.10 Å². The first-order valence-corrected chi connectivity index (χ1v) is 10.0. The van der Waals surface area contributed by atoms with Crippen LogP contribution in [0.3, 0.4) is 0 Å². The number of amides is 1. The molecule has 0 bridgehead atoms. The summed E-state index contributed by atoms with van der Waals surface area (Å²) in [5.74, 6) is 0.470. The molecule has 2 aliphatic rings. The summed E-state index contributed by atoms with van der Waals surface area (Å²) >= 11 is 9.22. The second-order valence-electron chi connectivity index (χ2n) is 5.87. The third-order valence-electron chi connectivity index (χ3n) is 4.18. The Labute approximate surface area is 158 Å². The number of benzene rings is 2. The first-order valence-electron chi connectivity index (χ1n) is 7.76. The number of hydrazone groups is 1. The highest BCUT2D eigenvalue weighted by molar-refractivity contribution is 8.00. The summed E-state index contributed by atoms with van der Waals surface area (Å²) < 4.78 is 13.7. The van der Waals surface area contributed by atoms with Crippen molar-refractivity contribution in [3.63, 3.8) is 0 Å². The topological polar surface area (TPSA) is 32.7 Å². The van der Waals surface area contributed by atoms with E-state index in [1.54, 1.807) is 29.6 Å². The first-order chi connectivity index (χ1) is 12.0. The van der Waals surface area contributed by atoms with Crippen LogP contribution in [0.2, 0.25) is 5.02 Å². The van der Waals surface area contributed by atoms with Gasteiger partial charge in [0.25, 0.3) is 0 Å². The number of carbonyl (C=O) groups is 1. The SMILES string of the molecule is CC(=O)N1N=C2c3cc(F)ccc3SC[C@H]2[C@@H]1Sc1ccc(Cl)cc1. The molecule has 7 heteroatoms. The summed E-state index contributed by atoms with van der Waals surface area (Å²) in [6, 6.07) is 12.3. The van der Waals surface area contributed by atoms with Crippen molar-refractivity contribution in [2.75, 3.05) is 5.75 Å². The smallest absolute Gasteiger partial charge is 0.240 e. The van der Waals surface area contributed by atoms with Gasteiger partial charge in [0, 0.05) is 39.0 Å². The summed E-state index contributed by atoms with van der Waals surface area (Å²) in [7, 11) is 0. The number of fused-ring (bicyclic) bond motifs is 3. The maximum atomic E-state index is 13.7. The molecule has 128 valence electrons. The molecule has 3 nitrogen and oxygen atoms in total. The van der Waals surface area contributed by atoms with Gasteiger partial charge in [0.15, 0.2) is 0 Å². The van der Waals surface area contributed by atoms with Crippen molar-refractivity contribution in [2.45, 2.75) is 22.1 Å². The van der Waals surface area contributed by atoms with Gasteiger partial charge in [-0.1, -0.05) is 23.4 Å². The van der Waals surface area contributed by atoms with Gasteiger partial charge in [0.05, 0.1) is 5.71 Å². The molecule has 2 aromatic carbocycles. The lowest BCUT2D eigenvalue weighted by Crippen LogP contribution is -2.35. The minimum absolute atomic E-state index is 0.0591. The summed E-state index contributed by atoms with van der Waals surface area (Å²) in [4.78, 5) is 14.2. The van der Waals surface area contributed by atoms with Gasteiger partial charge in [0.2, 0.25) is 5.91 Å². The van der Waals surface area contributed by atoms with E-state index in [1.807, 2.05) is 24.3 Å². The largest absolute Gasteiger partial charge is 0.273 e. The van der Waals surface area contributed by atoms with Crippen molar-refractivity contribution in [2.24, 2.45) is 11.0 Å². The quantitative estimate of drug-likeness (QED) is 0.729. The normalized spacial score (nSPS) is 21.6. The molecule has 1 amide bonds. The number of carbonyl (C=O) groups excluding carboxylic acids is 1. The van der Waals surface area contributed by atoms with E-state index < -0.39 is 0 Å². The van der Waals surface area contributed by atoms with Crippen LogP contribution in [-0.2, 0) is 4.79 Å². The maximum Gasteiger partial charge on any atom is 0.240 e. The molecule has 25 heavy (non-hydrogen) atoms. The standard InChI is InChI=1S/C18H14ClFN2OS2/c1-10(23)22-18(25-13-5-2-11(19)3-6-13)15-9-24-16-7-4-12(20)8-14(16)17(15)21-22/h2-8,15,18H,9H2,1H3/t15-,18+/m1/s1. The lowest BCUT2D eigenvalue weighted by Gasteiger charge is -2.28. The molecule has 2 aromatic rings. The van der Waals surface area contributed by atoms with Crippen molar-refractivity contribution < 1.29 is 9.18 Å². The minimum atomic E-state index is -0.286. The van der Waals surface area contributed by atoms with E-state index in [0.717, 1.165) is 26.8 Å². The van der Waals surface area contributed by atoms with Gasteiger partial charge in [-0.3, -0.25) is 4.79 Å². The van der Waals surface area contributed by atoms with Crippen LogP contribution in [0.4, 0.5) is 4.39 Å². The van der Waals surface area contributed by atoms with E-state index in [1.165, 1.54) is 24.1 Å². The first kappa shape index (κ1) is 16.9. The van der Waals surface area contributed by atoms with Crippen molar-refractivity contribution in [1.82, 2.24) is 5.01 Å². The Hall–Kier alpha value is -1.50. The van der Waals surface area contributed by atoms with E-state index in [-0.39, 0.29) is 23.0 Å². The van der Waals surface area contributed by atoms with Crippen molar-refractivity contribution >= 4 is 46.7 Å². The minimum Gasteiger partial charge on any atom is -0.273 e. The van der Waals surface area contributed by atoms with Crippen LogP contribution in [0.5, 0.6) is 0 Å². The molecule has 0 aliphatic carbocycles. The number of hydrogen-bond acceptors (Lipinski definition) is 4. The third-order valence-corrected chi connectivity index (χ3v) is 6.94. The van der Waals surface area contributed by atoms with Crippen LogP contribution >= 0.6 is 35.1 Å². The Morgan fingerprint density at radius 3 is 2.80 bits per heavy atom. The van der Waals surface area contributed by atoms with Gasteiger partial charge in [-0.15, -0.1) is 11.8 Å². The Morgan fingerprint density at radius 1 is 1.32 bits per heavy atom. The molecule has 2 aliphatic heterocycles. The predicted molar refractivity (Wildman–Crippen MR) is 101 cm³/mol. The number of nitrogens with zero attached hydrogens (tertiary/aromatic N) is 2. The van der Waals surface area contributed by atoms with Crippen LogP contribution in [0.1, 0.15) is 12.5 Å². The molecule has 0 aromatic heterocycles. The van der Waals surface area contributed by atoms with Crippen LogP contribution in [-0.4, -0.2) is 27.8 Å². The van der Waals surface area contributed by atoms with Crippen LogP contribution in [0, 0.1) is 11.7 Å². The van der Waals surface area contributed by atoms with Crippen molar-refractivity contribution in [1.29, 1.82) is 0 Å². The number of hydrogen-bond donors (Lipinski definition) is 0. The van der Waals surface area contributed by atoms with E-state index in [9.17, 15) is 9.18 Å². The van der Waals surface area contributed by atoms with E-state index >= 15 is 0 Å². The fourth-order valence-electron chi connectivity index (χ4n) is 3.01. The fourth-order valence-corrected chi connectivity index (χ4v) is 5.70. The van der Waals surface area contributed by atoms with Gasteiger partial charge in [-0.25, -0.2) is 9.40 Å². The fraction of sp³-hybridized carbons (Fsp3) is 0.222. The van der Waals surface area contributed by atoms with E-state index in [4.69, 9.17) is 11.6 Å². The lowest BCUT2D eigenvalue weighted by molar-refractivity contribution is -0.129. The zero-order valence-corrected chi connectivity index (χ0v) is 15.7. The molecule has 0 saturated heterocycles. The Morgan fingerprint density at radius 2 is 2.08 bits per heavy atom. The molecular weight excluding hydrogens is 379 g/mol. The molecule has 4 rings (SSSR count). The highest BCUT2D eigenvalue weighted by Crippen LogP contribution is 2.44. The van der Waals surface area contributed by atoms with Crippen LogP contribution in [0.15, 0.2) is 57.4 Å². The highest BCUT2D eigenvalue weighted by Gasteiger charge is 2.43. The van der Waals surface area contributed by atoms with Crippen LogP contribution < -0.4 is 0 Å². The third kappa shape index (κ3) is 3.18. The monoisotopic (exact) mass is 392 g/mol. The number of rotatable bonds is 2. The van der Waals surface area contributed by atoms with Gasteiger partial charge >= 0.3 is 0 Å². The summed E-state index contributed by atoms with van der Waals surface area (Å²) in [6.07, 6.45) is 0. The molecule has 0 saturated carbocycles. The zero-order valence-electron chi connectivity index (χ0n) is 13.3. The zero-order chi connectivity index (χ0) is 17.6. The molecule has 0 N–H and O–H groups in total. The highest BCUT2D eigenvalue weighted by atomic mass is 35.5. The Bertz CT molecular complexity index is 872. The second kappa shape index (κ2) is 6.67. The molecule has 0 unspecified atom stereocenters. The molecule has 0 fully saturated rings. The van der Waals surface area contributed by atoms with Crippen molar-refractivity contribution in [3.8, 4) is 0 Å². The van der Waals surface area contributed by atoms with E-state index in [0.29, 0.717) is 5.02 Å². The Balaban J connectivity index is 1.70. The number of halogens is 2. The second-order valence-corrected chi connectivity index (χ2v) is 8.56. The molecule has 0 radical (unpaired) electrons. The van der Waals surface area contributed by atoms with Crippen LogP contribution in [0.25, 0.3) is 0 Å². The predicted octanol–water partition coefficient (Wildman–Crippen LogP) is 4.89. The maximum absolute atomic E-state index is 13.7. The summed E-state index contributed by atoms with van der Waals surface area (Å²) in [5.41, 5.74) is 1.60. The van der Waals surface area contributed by atoms with Crippen molar-refractivity contribution in [3.05, 3.63) is 58.9 Å². The molecular formula is C18H14ClFN2OS2. The van der Waals surface area contributed by atoms with Gasteiger partial charge in [-0.05, 0) is 42.5 Å². The average molecular weight is 393 g/mol. The molecule has 2 atom stereocenters. The van der Waals surface area contributed by atoms with Gasteiger partial charge in [0.1, 0.15) is 11.2 Å². The van der Waals surface area contributed by atoms with E-state index in [2.05, 4.69) is 5.10 Å². The average Bonchev–Trinajstić information content (AvgIpc) is 2.96. The molecule has 2 heterocycles. The summed E-state index contributed by atoms with van der Waals surface area (Å²) in [6.45, 7) is 1.51. The lowest BCUT2D eigenvalue weighted by atomic mass is 9.98. The number of thioether (sulfide) groups is 2. The van der Waals surface area contributed by atoms with Gasteiger partial charge < -0.3 is 0 Å². The summed E-state index contributed by atoms with van der Waals surface area (Å²) in [5, 5.41) is 6.62. The molecule has 0 spiro atoms.